The number of amides is 2. The van der Waals surface area contributed by atoms with Crippen LogP contribution >= 0.6 is 0 Å². The summed E-state index contributed by atoms with van der Waals surface area (Å²) in [6.45, 7) is 5.01. The number of likely N-dealkylation sites (tertiary alicyclic amines) is 3. The Bertz CT molecular complexity index is 596. The summed E-state index contributed by atoms with van der Waals surface area (Å²) in [6.07, 6.45) is -0.248. The molecule has 1 N–H and O–H groups in total. The van der Waals surface area contributed by atoms with Gasteiger partial charge in [0.2, 0.25) is 11.8 Å². The number of methoxy groups -OCH3 is 1. The maximum Gasteiger partial charge on any atom is 0.490 e. The first-order valence-corrected chi connectivity index (χ1v) is 9.75. The Labute approximate surface area is 167 Å². The van der Waals surface area contributed by atoms with Gasteiger partial charge >= 0.3 is 12.1 Å². The molecule has 0 spiro atoms. The van der Waals surface area contributed by atoms with Crippen LogP contribution in [0.2, 0.25) is 0 Å². The Balaban J connectivity index is 0.000000370. The number of carbonyl (C=O) groups is 3. The first kappa shape index (κ1) is 23.4. The number of rotatable bonds is 5. The van der Waals surface area contributed by atoms with Gasteiger partial charge in [0.15, 0.2) is 0 Å². The van der Waals surface area contributed by atoms with Gasteiger partial charge in [-0.15, -0.1) is 0 Å². The number of carboxylic acid groups (broad SMARTS) is 1. The highest BCUT2D eigenvalue weighted by Crippen LogP contribution is 2.31. The smallest absolute Gasteiger partial charge is 0.475 e. The van der Waals surface area contributed by atoms with Crippen LogP contribution in [-0.2, 0) is 19.1 Å². The predicted molar refractivity (Wildman–Crippen MR) is 96.1 cm³/mol. The third-order valence-electron chi connectivity index (χ3n) is 5.57. The molecular formula is C18H28F3N3O5. The Morgan fingerprint density at radius 3 is 2.28 bits per heavy atom. The predicted octanol–water partition coefficient (Wildman–Crippen LogP) is 0.954. The van der Waals surface area contributed by atoms with Crippen LogP contribution in [0.3, 0.4) is 0 Å². The zero-order valence-corrected chi connectivity index (χ0v) is 16.5. The lowest BCUT2D eigenvalue weighted by molar-refractivity contribution is -0.192. The Morgan fingerprint density at radius 1 is 1.10 bits per heavy atom. The molecule has 0 aliphatic carbocycles. The quantitative estimate of drug-likeness (QED) is 0.708. The second-order valence-electron chi connectivity index (χ2n) is 7.42. The number of nitrogens with zero attached hydrogens (tertiary/aromatic N) is 3. The maximum atomic E-state index is 12.3. The fraction of sp³-hybridized carbons (Fsp3) is 0.833. The molecule has 3 heterocycles. The van der Waals surface area contributed by atoms with E-state index in [1.807, 2.05) is 9.80 Å². The second kappa shape index (κ2) is 10.2. The van der Waals surface area contributed by atoms with E-state index in [0.29, 0.717) is 6.42 Å². The van der Waals surface area contributed by atoms with Crippen LogP contribution < -0.4 is 0 Å². The molecule has 0 aromatic carbocycles. The lowest BCUT2D eigenvalue weighted by Crippen LogP contribution is -2.55. The Morgan fingerprint density at radius 2 is 1.72 bits per heavy atom. The molecule has 3 aliphatic heterocycles. The van der Waals surface area contributed by atoms with Crippen molar-refractivity contribution >= 4 is 17.8 Å². The average Bonchev–Trinajstić information content (AvgIpc) is 3.30. The summed E-state index contributed by atoms with van der Waals surface area (Å²) >= 11 is 0. The topological polar surface area (TPSA) is 90.4 Å². The summed E-state index contributed by atoms with van der Waals surface area (Å²) in [6, 6.07) is 0.406. The normalized spacial score (nSPS) is 24.9. The van der Waals surface area contributed by atoms with Crippen LogP contribution in [0.4, 0.5) is 13.2 Å². The Kier molecular flexibility index (Phi) is 8.26. The third-order valence-corrected chi connectivity index (χ3v) is 5.57. The van der Waals surface area contributed by atoms with Crippen molar-refractivity contribution in [2.24, 2.45) is 0 Å². The zero-order valence-electron chi connectivity index (χ0n) is 16.5. The first-order valence-electron chi connectivity index (χ1n) is 9.75. The number of fused-ring (bicyclic) bond motifs is 1. The molecule has 8 nitrogen and oxygen atoms in total. The molecule has 3 aliphatic rings. The molecule has 11 heteroatoms. The maximum absolute atomic E-state index is 12.3. The van der Waals surface area contributed by atoms with Crippen LogP contribution in [0.25, 0.3) is 0 Å². The van der Waals surface area contributed by atoms with Crippen molar-refractivity contribution < 1.29 is 37.4 Å². The van der Waals surface area contributed by atoms with Crippen molar-refractivity contribution in [3.8, 4) is 0 Å². The molecule has 0 unspecified atom stereocenters. The highest BCUT2D eigenvalue weighted by Gasteiger charge is 2.44. The summed E-state index contributed by atoms with van der Waals surface area (Å²) in [5.41, 5.74) is 0. The van der Waals surface area contributed by atoms with Crippen LogP contribution in [0.15, 0.2) is 0 Å². The van der Waals surface area contributed by atoms with E-state index in [2.05, 4.69) is 4.90 Å². The number of hydrogen-bond acceptors (Lipinski definition) is 5. The van der Waals surface area contributed by atoms with Gasteiger partial charge < -0.3 is 24.5 Å². The van der Waals surface area contributed by atoms with E-state index in [1.54, 1.807) is 7.11 Å². The van der Waals surface area contributed by atoms with E-state index in [1.165, 1.54) is 12.8 Å². The standard InChI is InChI=1S/C16H27N3O3.C2HF3O2/c1-22-12-16(21)18-9-6-14-13(18)4-5-15(20)19(14)11-10-17-7-2-3-8-17;3-2(4,5)1(6)7/h13-14H,2-12H2,1H3;(H,6,7)/t13-,14-;/m0./s1. The van der Waals surface area contributed by atoms with Crippen molar-refractivity contribution in [2.45, 2.75) is 50.4 Å². The monoisotopic (exact) mass is 423 g/mol. The van der Waals surface area contributed by atoms with Gasteiger partial charge in [0.05, 0.1) is 12.1 Å². The second-order valence-corrected chi connectivity index (χ2v) is 7.42. The van der Waals surface area contributed by atoms with Crippen LogP contribution in [-0.4, -0.2) is 102 Å². The summed E-state index contributed by atoms with van der Waals surface area (Å²) in [7, 11) is 1.55. The third kappa shape index (κ3) is 6.30. The zero-order chi connectivity index (χ0) is 21.6. The minimum Gasteiger partial charge on any atom is -0.475 e. The first-order chi connectivity index (χ1) is 13.6. The summed E-state index contributed by atoms with van der Waals surface area (Å²) in [5.74, 6) is -2.43. The highest BCUT2D eigenvalue weighted by atomic mass is 19.4. The molecule has 3 rings (SSSR count). The van der Waals surface area contributed by atoms with Crippen molar-refractivity contribution in [2.75, 3.05) is 46.4 Å². The fourth-order valence-corrected chi connectivity index (χ4v) is 4.21. The lowest BCUT2D eigenvalue weighted by atomic mass is 9.96. The van der Waals surface area contributed by atoms with Gasteiger partial charge in [-0.05, 0) is 38.8 Å². The van der Waals surface area contributed by atoms with Gasteiger partial charge in [-0.25, -0.2) is 4.79 Å². The van der Waals surface area contributed by atoms with Gasteiger partial charge in [-0.2, -0.15) is 13.2 Å². The number of carboxylic acids is 1. The number of ether oxygens (including phenoxy) is 1. The SMILES string of the molecule is COCC(=O)N1CC[C@H]2[C@@H]1CCC(=O)N2CCN1CCCC1.O=C(O)C(F)(F)F. The molecule has 0 radical (unpaired) electrons. The van der Waals surface area contributed by atoms with Gasteiger partial charge in [-0.1, -0.05) is 0 Å². The number of piperidine rings is 1. The van der Waals surface area contributed by atoms with Crippen molar-refractivity contribution in [1.82, 2.24) is 14.7 Å². The molecule has 29 heavy (non-hydrogen) atoms. The molecule has 2 atom stereocenters. The van der Waals surface area contributed by atoms with Crippen LogP contribution in [0.1, 0.15) is 32.1 Å². The Hall–Kier alpha value is -1.88. The van der Waals surface area contributed by atoms with Crippen molar-refractivity contribution in [3.05, 3.63) is 0 Å². The molecule has 0 aromatic heterocycles. The van der Waals surface area contributed by atoms with E-state index < -0.39 is 12.1 Å². The van der Waals surface area contributed by atoms with Crippen molar-refractivity contribution in [1.29, 1.82) is 0 Å². The molecule has 0 aromatic rings. The largest absolute Gasteiger partial charge is 0.490 e. The van der Waals surface area contributed by atoms with Gasteiger partial charge in [0, 0.05) is 33.2 Å². The van der Waals surface area contributed by atoms with E-state index in [0.717, 1.165) is 45.6 Å². The van der Waals surface area contributed by atoms with E-state index in [4.69, 9.17) is 14.6 Å². The average molecular weight is 423 g/mol. The lowest BCUT2D eigenvalue weighted by Gasteiger charge is -2.40. The highest BCUT2D eigenvalue weighted by molar-refractivity contribution is 5.81. The molecule has 3 saturated heterocycles. The summed E-state index contributed by atoms with van der Waals surface area (Å²) < 4.78 is 36.7. The number of hydrogen-bond donors (Lipinski definition) is 1. The minimum atomic E-state index is -5.08. The molecule has 166 valence electrons. The van der Waals surface area contributed by atoms with Crippen LogP contribution in [0, 0.1) is 0 Å². The van der Waals surface area contributed by atoms with E-state index >= 15 is 0 Å². The van der Waals surface area contributed by atoms with Gasteiger partial charge in [0.25, 0.3) is 0 Å². The van der Waals surface area contributed by atoms with E-state index in [9.17, 15) is 22.8 Å². The molecule has 2 amide bonds. The molecular weight excluding hydrogens is 395 g/mol. The number of aliphatic carboxylic acids is 1. The molecule has 0 bridgehead atoms. The summed E-state index contributed by atoms with van der Waals surface area (Å²) in [5, 5.41) is 7.12. The van der Waals surface area contributed by atoms with Gasteiger partial charge in [0.1, 0.15) is 6.61 Å². The summed E-state index contributed by atoms with van der Waals surface area (Å²) in [4.78, 5) is 39.8. The van der Waals surface area contributed by atoms with Crippen LogP contribution in [0.5, 0.6) is 0 Å². The van der Waals surface area contributed by atoms with Crippen molar-refractivity contribution in [3.63, 3.8) is 0 Å². The number of halogens is 3. The molecule has 3 fully saturated rings. The fourth-order valence-electron chi connectivity index (χ4n) is 4.21. The van der Waals surface area contributed by atoms with Gasteiger partial charge in [-0.3, -0.25) is 9.59 Å². The molecule has 0 saturated carbocycles. The minimum absolute atomic E-state index is 0.0591. The number of carbonyl (C=O) groups excluding carboxylic acids is 2. The number of alkyl halides is 3. The van der Waals surface area contributed by atoms with E-state index in [-0.39, 0.29) is 30.5 Å².